The largest absolute Gasteiger partial charge is 0.359 e. The Labute approximate surface area is 164 Å². The summed E-state index contributed by atoms with van der Waals surface area (Å²) in [5.41, 5.74) is 3.60. The summed E-state index contributed by atoms with van der Waals surface area (Å²) in [5.74, 6) is -0.512. The molecule has 1 aliphatic carbocycles. The van der Waals surface area contributed by atoms with Crippen LogP contribution in [0.15, 0.2) is 47.4 Å². The van der Waals surface area contributed by atoms with Gasteiger partial charge in [0, 0.05) is 12.2 Å². The highest BCUT2D eigenvalue weighted by molar-refractivity contribution is 7.90. The van der Waals surface area contributed by atoms with Crippen molar-refractivity contribution in [2.24, 2.45) is 0 Å². The van der Waals surface area contributed by atoms with Crippen LogP contribution >= 0.6 is 0 Å². The maximum absolute atomic E-state index is 12.8. The third-order valence-corrected chi connectivity index (χ3v) is 6.84. The van der Waals surface area contributed by atoms with Gasteiger partial charge in [0.2, 0.25) is 0 Å². The van der Waals surface area contributed by atoms with Gasteiger partial charge >= 0.3 is 0 Å². The molecule has 1 saturated heterocycles. The predicted molar refractivity (Wildman–Crippen MR) is 105 cm³/mol. The fraction of sp³-hybridized carbons (Fsp3) is 0.333. The fourth-order valence-electron chi connectivity index (χ4n) is 4.05. The first-order valence-electron chi connectivity index (χ1n) is 9.43. The lowest BCUT2D eigenvalue weighted by Crippen LogP contribution is -2.45. The maximum atomic E-state index is 12.8. The molecule has 1 atom stereocenters. The Hall–Kier alpha value is -2.85. The van der Waals surface area contributed by atoms with Crippen LogP contribution in [-0.2, 0) is 27.7 Å². The SMILES string of the molecule is N#Cc1ccc(N2CCCC2C(=O)NS(=O)(=O)c2ccc3c(c2)CCC3)cc1. The molecule has 0 aromatic heterocycles. The summed E-state index contributed by atoms with van der Waals surface area (Å²) in [7, 11) is -3.90. The second-order valence-corrected chi connectivity index (χ2v) is 8.95. The Balaban J connectivity index is 1.52. The number of aryl methyl sites for hydroxylation is 2. The van der Waals surface area contributed by atoms with Crippen LogP contribution in [0.2, 0.25) is 0 Å². The van der Waals surface area contributed by atoms with E-state index in [4.69, 9.17) is 5.26 Å². The number of sulfonamides is 1. The van der Waals surface area contributed by atoms with Crippen molar-refractivity contribution < 1.29 is 13.2 Å². The molecule has 1 fully saturated rings. The number of benzene rings is 2. The molecular formula is C21H21N3O3S. The number of nitrogens with zero attached hydrogens (tertiary/aromatic N) is 2. The smallest absolute Gasteiger partial charge is 0.264 e. The molecule has 4 rings (SSSR count). The molecule has 0 saturated carbocycles. The molecule has 0 radical (unpaired) electrons. The highest BCUT2D eigenvalue weighted by atomic mass is 32.2. The molecule has 2 aromatic rings. The molecule has 2 aliphatic rings. The number of anilines is 1. The first kappa shape index (κ1) is 18.5. The molecule has 1 N–H and O–H groups in total. The first-order chi connectivity index (χ1) is 13.5. The monoisotopic (exact) mass is 395 g/mol. The number of rotatable bonds is 4. The number of carbonyl (C=O) groups is 1. The average Bonchev–Trinajstić information content (AvgIpc) is 3.36. The summed E-state index contributed by atoms with van der Waals surface area (Å²) in [6, 6.07) is 13.6. The van der Waals surface area contributed by atoms with Crippen molar-refractivity contribution >= 4 is 21.6 Å². The van der Waals surface area contributed by atoms with Crippen LogP contribution in [0.25, 0.3) is 0 Å². The van der Waals surface area contributed by atoms with Crippen molar-refractivity contribution in [2.75, 3.05) is 11.4 Å². The minimum absolute atomic E-state index is 0.143. The summed E-state index contributed by atoms with van der Waals surface area (Å²) >= 11 is 0. The van der Waals surface area contributed by atoms with Crippen LogP contribution in [0.3, 0.4) is 0 Å². The minimum Gasteiger partial charge on any atom is -0.359 e. The predicted octanol–water partition coefficient (Wildman–Crippen LogP) is 2.52. The van der Waals surface area contributed by atoms with Crippen LogP contribution in [0.1, 0.15) is 36.0 Å². The second kappa shape index (κ2) is 7.28. The van der Waals surface area contributed by atoms with E-state index in [-0.39, 0.29) is 4.90 Å². The Morgan fingerprint density at radius 2 is 1.82 bits per heavy atom. The molecule has 144 valence electrons. The minimum atomic E-state index is -3.90. The molecule has 2 aromatic carbocycles. The van der Waals surface area contributed by atoms with Crippen molar-refractivity contribution in [2.45, 2.75) is 43.0 Å². The Morgan fingerprint density at radius 1 is 1.07 bits per heavy atom. The van der Waals surface area contributed by atoms with Crippen molar-refractivity contribution in [3.05, 3.63) is 59.2 Å². The van der Waals surface area contributed by atoms with E-state index < -0.39 is 22.0 Å². The average molecular weight is 395 g/mol. The Kier molecular flexibility index (Phi) is 4.82. The summed E-state index contributed by atoms with van der Waals surface area (Å²) in [4.78, 5) is 14.8. The number of carbonyl (C=O) groups excluding carboxylic acids is 1. The number of fused-ring (bicyclic) bond motifs is 1. The van der Waals surface area contributed by atoms with E-state index in [2.05, 4.69) is 10.8 Å². The fourth-order valence-corrected chi connectivity index (χ4v) is 5.11. The third kappa shape index (κ3) is 3.48. The molecule has 1 amide bonds. The number of hydrogen-bond donors (Lipinski definition) is 1. The van der Waals surface area contributed by atoms with Gasteiger partial charge in [-0.25, -0.2) is 13.1 Å². The topological polar surface area (TPSA) is 90.3 Å². The van der Waals surface area contributed by atoms with Crippen molar-refractivity contribution in [3.63, 3.8) is 0 Å². The summed E-state index contributed by atoms with van der Waals surface area (Å²) in [6.45, 7) is 0.670. The van der Waals surface area contributed by atoms with Gasteiger partial charge in [-0.3, -0.25) is 4.79 Å². The maximum Gasteiger partial charge on any atom is 0.264 e. The zero-order valence-electron chi connectivity index (χ0n) is 15.4. The van der Waals surface area contributed by atoms with Gasteiger partial charge in [0.05, 0.1) is 16.5 Å². The normalized spacial score (nSPS) is 18.5. The van der Waals surface area contributed by atoms with Gasteiger partial charge in [-0.05, 0) is 79.6 Å². The molecule has 0 spiro atoms. The highest BCUT2D eigenvalue weighted by Crippen LogP contribution is 2.27. The molecule has 0 bridgehead atoms. The Bertz CT molecular complexity index is 1060. The molecule has 1 unspecified atom stereocenters. The lowest BCUT2D eigenvalue weighted by Gasteiger charge is -2.26. The van der Waals surface area contributed by atoms with Crippen molar-refractivity contribution in [1.29, 1.82) is 5.26 Å². The number of nitrogens with one attached hydrogen (secondary N) is 1. The molecule has 6 nitrogen and oxygen atoms in total. The van der Waals surface area contributed by atoms with E-state index in [1.807, 2.05) is 11.0 Å². The standard InChI is InChI=1S/C21H21N3O3S/c22-14-15-6-9-18(10-7-15)24-12-2-5-20(24)21(25)23-28(26,27)19-11-8-16-3-1-4-17(16)13-19/h6-11,13,20H,1-5,12H2,(H,23,25). The lowest BCUT2D eigenvalue weighted by atomic mass is 10.1. The van der Waals surface area contributed by atoms with Crippen molar-refractivity contribution in [3.8, 4) is 6.07 Å². The number of amides is 1. The molecule has 1 aliphatic heterocycles. The molecule has 28 heavy (non-hydrogen) atoms. The van der Waals surface area contributed by atoms with E-state index in [0.717, 1.165) is 36.9 Å². The van der Waals surface area contributed by atoms with Crippen LogP contribution in [0, 0.1) is 11.3 Å². The van der Waals surface area contributed by atoms with E-state index in [1.165, 1.54) is 5.56 Å². The quantitative estimate of drug-likeness (QED) is 0.859. The van der Waals surface area contributed by atoms with E-state index >= 15 is 0 Å². The summed E-state index contributed by atoms with van der Waals surface area (Å²) in [6.07, 6.45) is 4.28. The zero-order valence-corrected chi connectivity index (χ0v) is 16.2. The molecule has 7 heteroatoms. The van der Waals surface area contributed by atoms with Gasteiger partial charge in [-0.2, -0.15) is 5.26 Å². The van der Waals surface area contributed by atoms with Gasteiger partial charge in [-0.15, -0.1) is 0 Å². The van der Waals surface area contributed by atoms with E-state index in [9.17, 15) is 13.2 Å². The van der Waals surface area contributed by atoms with Crippen LogP contribution in [0.4, 0.5) is 5.69 Å². The third-order valence-electron chi connectivity index (χ3n) is 5.50. The van der Waals surface area contributed by atoms with Gasteiger partial charge < -0.3 is 4.90 Å². The highest BCUT2D eigenvalue weighted by Gasteiger charge is 2.33. The van der Waals surface area contributed by atoms with E-state index in [1.54, 1.807) is 36.4 Å². The molecule has 1 heterocycles. The van der Waals surface area contributed by atoms with Gasteiger partial charge in [0.15, 0.2) is 0 Å². The second-order valence-electron chi connectivity index (χ2n) is 7.26. The first-order valence-corrected chi connectivity index (χ1v) is 10.9. The van der Waals surface area contributed by atoms with Crippen LogP contribution in [-0.4, -0.2) is 26.9 Å². The van der Waals surface area contributed by atoms with Crippen LogP contribution < -0.4 is 9.62 Å². The number of nitriles is 1. The lowest BCUT2D eigenvalue weighted by molar-refractivity contribution is -0.120. The van der Waals surface area contributed by atoms with E-state index in [0.29, 0.717) is 18.5 Å². The number of hydrogen-bond acceptors (Lipinski definition) is 5. The Morgan fingerprint density at radius 3 is 2.57 bits per heavy atom. The van der Waals surface area contributed by atoms with Crippen LogP contribution in [0.5, 0.6) is 0 Å². The summed E-state index contributed by atoms with van der Waals surface area (Å²) < 4.78 is 27.7. The van der Waals surface area contributed by atoms with Gasteiger partial charge in [0.1, 0.15) is 6.04 Å². The van der Waals surface area contributed by atoms with Crippen molar-refractivity contribution in [1.82, 2.24) is 4.72 Å². The van der Waals surface area contributed by atoms with Gasteiger partial charge in [0.25, 0.3) is 15.9 Å². The summed E-state index contributed by atoms with van der Waals surface area (Å²) in [5, 5.41) is 8.93. The zero-order chi connectivity index (χ0) is 19.7. The van der Waals surface area contributed by atoms with Gasteiger partial charge in [-0.1, -0.05) is 6.07 Å². The molecular weight excluding hydrogens is 374 g/mol.